The van der Waals surface area contributed by atoms with Gasteiger partial charge in [0.05, 0.1) is 17.6 Å². The van der Waals surface area contributed by atoms with Gasteiger partial charge in [0.1, 0.15) is 0 Å². The molecule has 0 radical (unpaired) electrons. The smallest absolute Gasteiger partial charge is 0.0971 e. The Hall–Kier alpha value is -2.21. The number of benzene rings is 2. The standard InChI is InChI=1S/C20H23N5.ClH/c21-11-17-13-24(15-20(17)16-7-3-1-4-8-16)14-18-12-22-25(23-18)19-9-5-2-6-10-19;/h1-10,12,17,20H,11,13-15,21H2;1H/t17-,20+;/m1./s1. The van der Waals surface area contributed by atoms with Gasteiger partial charge in [-0.3, -0.25) is 4.90 Å². The first-order chi connectivity index (χ1) is 12.3. The lowest BCUT2D eigenvalue weighted by molar-refractivity contribution is 0.312. The summed E-state index contributed by atoms with van der Waals surface area (Å²) in [7, 11) is 0. The zero-order valence-corrected chi connectivity index (χ0v) is 15.4. The Labute approximate surface area is 160 Å². The van der Waals surface area contributed by atoms with Crippen molar-refractivity contribution in [1.29, 1.82) is 0 Å². The van der Waals surface area contributed by atoms with Gasteiger partial charge in [0.25, 0.3) is 0 Å². The number of aromatic nitrogens is 3. The summed E-state index contributed by atoms with van der Waals surface area (Å²) in [4.78, 5) is 4.13. The minimum absolute atomic E-state index is 0. The fourth-order valence-corrected chi connectivity index (χ4v) is 3.69. The summed E-state index contributed by atoms with van der Waals surface area (Å²) in [5, 5.41) is 9.02. The first kappa shape index (κ1) is 18.6. The molecule has 2 N–H and O–H groups in total. The van der Waals surface area contributed by atoms with E-state index in [1.165, 1.54) is 5.56 Å². The Morgan fingerprint density at radius 1 is 0.962 bits per heavy atom. The Balaban J connectivity index is 0.00000196. The van der Waals surface area contributed by atoms with E-state index in [1.54, 1.807) is 4.80 Å². The van der Waals surface area contributed by atoms with Crippen LogP contribution in [0.2, 0.25) is 0 Å². The molecule has 2 aromatic carbocycles. The number of rotatable bonds is 5. The molecular formula is C20H24ClN5. The molecule has 6 heteroatoms. The molecule has 4 rings (SSSR count). The molecule has 1 aliphatic heterocycles. The third-order valence-corrected chi connectivity index (χ3v) is 4.96. The summed E-state index contributed by atoms with van der Waals surface area (Å²) in [6.07, 6.45) is 1.86. The van der Waals surface area contributed by atoms with E-state index in [9.17, 15) is 0 Å². The molecule has 2 atom stereocenters. The number of likely N-dealkylation sites (tertiary alicyclic amines) is 1. The summed E-state index contributed by atoms with van der Waals surface area (Å²) in [6.45, 7) is 3.55. The van der Waals surface area contributed by atoms with Crippen LogP contribution >= 0.6 is 12.4 Å². The monoisotopic (exact) mass is 369 g/mol. The van der Waals surface area contributed by atoms with Gasteiger partial charge in [0, 0.05) is 25.6 Å². The molecule has 0 saturated carbocycles. The minimum Gasteiger partial charge on any atom is -0.330 e. The normalized spacial score (nSPS) is 20.0. The number of hydrogen-bond acceptors (Lipinski definition) is 4. The second-order valence-electron chi connectivity index (χ2n) is 6.67. The van der Waals surface area contributed by atoms with Crippen molar-refractivity contribution in [2.45, 2.75) is 12.5 Å². The molecule has 1 aliphatic rings. The first-order valence-corrected chi connectivity index (χ1v) is 8.77. The third kappa shape index (κ3) is 3.96. The van der Waals surface area contributed by atoms with Crippen LogP contribution < -0.4 is 5.73 Å². The molecule has 2 heterocycles. The number of hydrogen-bond donors (Lipinski definition) is 1. The van der Waals surface area contributed by atoms with Crippen molar-refractivity contribution in [3.8, 4) is 5.69 Å². The molecule has 1 fully saturated rings. The lowest BCUT2D eigenvalue weighted by Crippen LogP contribution is -2.23. The molecule has 1 aromatic heterocycles. The summed E-state index contributed by atoms with van der Waals surface area (Å²) in [5.41, 5.74) is 9.40. The maximum atomic E-state index is 6.04. The maximum Gasteiger partial charge on any atom is 0.0971 e. The van der Waals surface area contributed by atoms with Crippen molar-refractivity contribution >= 4 is 12.4 Å². The zero-order valence-electron chi connectivity index (χ0n) is 14.6. The van der Waals surface area contributed by atoms with Gasteiger partial charge in [-0.25, -0.2) is 0 Å². The zero-order chi connectivity index (χ0) is 17.1. The highest BCUT2D eigenvalue weighted by Gasteiger charge is 2.33. The van der Waals surface area contributed by atoms with Gasteiger partial charge in [-0.1, -0.05) is 48.5 Å². The van der Waals surface area contributed by atoms with Crippen LogP contribution in [-0.2, 0) is 6.54 Å². The SMILES string of the molecule is Cl.NC[C@@H]1CN(Cc2cnn(-c3ccccc3)n2)C[C@H]1c1ccccc1. The van der Waals surface area contributed by atoms with Crippen molar-refractivity contribution in [3.63, 3.8) is 0 Å². The van der Waals surface area contributed by atoms with Crippen LogP contribution in [-0.4, -0.2) is 39.5 Å². The average molecular weight is 370 g/mol. The van der Waals surface area contributed by atoms with Gasteiger partial charge in [-0.15, -0.1) is 12.4 Å². The van der Waals surface area contributed by atoms with E-state index in [0.717, 1.165) is 31.0 Å². The predicted molar refractivity (Wildman–Crippen MR) is 106 cm³/mol. The number of para-hydroxylation sites is 1. The van der Waals surface area contributed by atoms with Crippen LogP contribution in [0.4, 0.5) is 0 Å². The first-order valence-electron chi connectivity index (χ1n) is 8.77. The Morgan fingerprint density at radius 3 is 2.35 bits per heavy atom. The minimum atomic E-state index is 0. The van der Waals surface area contributed by atoms with Crippen molar-refractivity contribution < 1.29 is 0 Å². The second-order valence-corrected chi connectivity index (χ2v) is 6.67. The van der Waals surface area contributed by atoms with Crippen molar-refractivity contribution in [2.75, 3.05) is 19.6 Å². The number of nitrogens with two attached hydrogens (primary N) is 1. The lowest BCUT2D eigenvalue weighted by Gasteiger charge is -2.16. The second kappa shape index (κ2) is 8.45. The summed E-state index contributed by atoms with van der Waals surface area (Å²) < 4.78 is 0. The molecule has 136 valence electrons. The highest BCUT2D eigenvalue weighted by Crippen LogP contribution is 2.32. The van der Waals surface area contributed by atoms with Crippen LogP contribution in [0.3, 0.4) is 0 Å². The van der Waals surface area contributed by atoms with Crippen LogP contribution in [0.1, 0.15) is 17.2 Å². The summed E-state index contributed by atoms with van der Waals surface area (Å²) >= 11 is 0. The van der Waals surface area contributed by atoms with Crippen molar-refractivity contribution in [2.24, 2.45) is 11.7 Å². The molecule has 26 heavy (non-hydrogen) atoms. The predicted octanol–water partition coefficient (Wildman–Crippen LogP) is 2.86. The topological polar surface area (TPSA) is 60.0 Å². The van der Waals surface area contributed by atoms with Crippen LogP contribution in [0.25, 0.3) is 5.69 Å². The molecule has 0 spiro atoms. The lowest BCUT2D eigenvalue weighted by atomic mass is 9.89. The van der Waals surface area contributed by atoms with Gasteiger partial charge >= 0.3 is 0 Å². The largest absolute Gasteiger partial charge is 0.330 e. The number of nitrogens with zero attached hydrogens (tertiary/aromatic N) is 4. The third-order valence-electron chi connectivity index (χ3n) is 4.96. The van der Waals surface area contributed by atoms with Gasteiger partial charge in [0.2, 0.25) is 0 Å². The van der Waals surface area contributed by atoms with Crippen LogP contribution in [0.5, 0.6) is 0 Å². The van der Waals surface area contributed by atoms with Gasteiger partial charge in [-0.05, 0) is 30.2 Å². The molecular weight excluding hydrogens is 346 g/mol. The van der Waals surface area contributed by atoms with E-state index in [4.69, 9.17) is 5.73 Å². The van der Waals surface area contributed by atoms with Gasteiger partial charge in [0.15, 0.2) is 0 Å². The fraction of sp³-hybridized carbons (Fsp3) is 0.300. The highest BCUT2D eigenvalue weighted by molar-refractivity contribution is 5.85. The Bertz CT molecular complexity index is 805. The van der Waals surface area contributed by atoms with E-state index in [2.05, 4.69) is 45.4 Å². The fourth-order valence-electron chi connectivity index (χ4n) is 3.69. The van der Waals surface area contributed by atoms with Crippen molar-refractivity contribution in [3.05, 3.63) is 78.1 Å². The van der Waals surface area contributed by atoms with Crippen LogP contribution in [0.15, 0.2) is 66.9 Å². The van der Waals surface area contributed by atoms with E-state index in [0.29, 0.717) is 18.4 Å². The molecule has 3 aromatic rings. The molecule has 0 bridgehead atoms. The van der Waals surface area contributed by atoms with E-state index >= 15 is 0 Å². The van der Waals surface area contributed by atoms with E-state index in [-0.39, 0.29) is 12.4 Å². The molecule has 0 amide bonds. The number of halogens is 1. The Morgan fingerprint density at radius 2 is 1.65 bits per heavy atom. The maximum absolute atomic E-state index is 6.04. The van der Waals surface area contributed by atoms with E-state index in [1.807, 2.05) is 36.5 Å². The molecule has 5 nitrogen and oxygen atoms in total. The average Bonchev–Trinajstić information content (AvgIpc) is 3.30. The van der Waals surface area contributed by atoms with E-state index < -0.39 is 0 Å². The Kier molecular flexibility index (Phi) is 6.04. The molecule has 0 aliphatic carbocycles. The summed E-state index contributed by atoms with van der Waals surface area (Å²) in [6, 6.07) is 20.7. The molecule has 1 saturated heterocycles. The molecule has 0 unspecified atom stereocenters. The van der Waals surface area contributed by atoms with Crippen molar-refractivity contribution in [1.82, 2.24) is 19.9 Å². The van der Waals surface area contributed by atoms with Gasteiger partial charge in [-0.2, -0.15) is 15.0 Å². The van der Waals surface area contributed by atoms with Crippen LogP contribution in [0, 0.1) is 5.92 Å². The summed E-state index contributed by atoms with van der Waals surface area (Å²) in [5.74, 6) is 0.988. The quantitative estimate of drug-likeness (QED) is 0.751. The van der Waals surface area contributed by atoms with Gasteiger partial charge < -0.3 is 5.73 Å². The highest BCUT2D eigenvalue weighted by atomic mass is 35.5.